The lowest BCUT2D eigenvalue weighted by atomic mass is 9.97. The Balaban J connectivity index is 1.50. The van der Waals surface area contributed by atoms with Crippen LogP contribution in [0.1, 0.15) is 32.1 Å². The lowest BCUT2D eigenvalue weighted by Gasteiger charge is -2.11. The summed E-state index contributed by atoms with van der Waals surface area (Å²) in [5, 5.41) is 0.403. The largest absolute Gasteiger partial charge is 0.298 e. The van der Waals surface area contributed by atoms with E-state index in [9.17, 15) is 4.79 Å². The van der Waals surface area contributed by atoms with E-state index in [1.807, 2.05) is 11.8 Å². The predicted molar refractivity (Wildman–Crippen MR) is 61.8 cm³/mol. The molecule has 0 amide bonds. The lowest BCUT2D eigenvalue weighted by Crippen LogP contribution is -2.20. The molecule has 1 heterocycles. The van der Waals surface area contributed by atoms with Crippen LogP contribution in [0.5, 0.6) is 0 Å². The molecule has 0 spiro atoms. The number of Topliss-reactive ketones (excluding diaryl/α,β-unsaturated/α-hetero) is 1. The van der Waals surface area contributed by atoms with Crippen molar-refractivity contribution in [2.75, 3.05) is 5.75 Å². The van der Waals surface area contributed by atoms with Crippen LogP contribution in [0.4, 0.5) is 0 Å². The first-order valence-corrected chi connectivity index (χ1v) is 7.56. The Labute approximate surface area is 95.4 Å². The Bertz CT molecular complexity index is 292. The number of thioether (sulfide) groups is 1. The van der Waals surface area contributed by atoms with Crippen LogP contribution in [0.3, 0.4) is 0 Å². The van der Waals surface area contributed by atoms with E-state index in [2.05, 4.69) is 0 Å². The van der Waals surface area contributed by atoms with Crippen molar-refractivity contribution in [2.45, 2.75) is 37.4 Å². The Morgan fingerprint density at radius 3 is 2.40 bits per heavy atom. The molecule has 2 heteroatoms. The first kappa shape index (κ1) is 9.09. The van der Waals surface area contributed by atoms with Gasteiger partial charge in [-0.05, 0) is 61.5 Å². The maximum absolute atomic E-state index is 12.3. The number of rotatable bonds is 2. The third kappa shape index (κ3) is 1.15. The van der Waals surface area contributed by atoms with Crippen molar-refractivity contribution in [1.82, 2.24) is 0 Å². The average Bonchev–Trinajstić information content (AvgIpc) is 2.70. The smallest absolute Gasteiger partial charge is 0.149 e. The van der Waals surface area contributed by atoms with Gasteiger partial charge in [0.1, 0.15) is 5.78 Å². The molecule has 4 fully saturated rings. The minimum Gasteiger partial charge on any atom is -0.298 e. The maximum Gasteiger partial charge on any atom is 0.149 e. The Morgan fingerprint density at radius 2 is 1.80 bits per heavy atom. The molecule has 5 unspecified atom stereocenters. The summed E-state index contributed by atoms with van der Waals surface area (Å²) < 4.78 is 0. The van der Waals surface area contributed by atoms with Gasteiger partial charge in [0.15, 0.2) is 0 Å². The highest BCUT2D eigenvalue weighted by Gasteiger charge is 2.67. The van der Waals surface area contributed by atoms with E-state index in [4.69, 9.17) is 0 Å². The summed E-state index contributed by atoms with van der Waals surface area (Å²) in [4.78, 5) is 12.3. The first-order valence-electron chi connectivity index (χ1n) is 6.51. The Hall–Kier alpha value is 0.0200. The molecular formula is C13H18OS. The van der Waals surface area contributed by atoms with Crippen LogP contribution >= 0.6 is 11.8 Å². The molecule has 0 aromatic carbocycles. The summed E-state index contributed by atoms with van der Waals surface area (Å²) in [5.74, 6) is 6.05. The van der Waals surface area contributed by atoms with Crippen molar-refractivity contribution in [2.24, 2.45) is 29.6 Å². The zero-order valence-electron chi connectivity index (χ0n) is 9.02. The number of ketones is 1. The molecule has 1 saturated heterocycles. The number of hydrogen-bond donors (Lipinski definition) is 0. The number of carbonyl (C=O) groups excluding carboxylic acids is 1. The highest BCUT2D eigenvalue weighted by atomic mass is 32.2. The van der Waals surface area contributed by atoms with Gasteiger partial charge in [0.25, 0.3) is 0 Å². The van der Waals surface area contributed by atoms with Gasteiger partial charge in [-0.1, -0.05) is 0 Å². The Kier molecular flexibility index (Phi) is 1.83. The van der Waals surface area contributed by atoms with Gasteiger partial charge in [-0.3, -0.25) is 4.79 Å². The topological polar surface area (TPSA) is 17.1 Å². The summed E-state index contributed by atoms with van der Waals surface area (Å²) in [6.07, 6.45) is 6.79. The van der Waals surface area contributed by atoms with Crippen molar-refractivity contribution < 1.29 is 4.79 Å². The zero-order chi connectivity index (χ0) is 9.99. The van der Waals surface area contributed by atoms with Crippen LogP contribution < -0.4 is 0 Å². The maximum atomic E-state index is 12.3. The molecule has 3 saturated carbocycles. The van der Waals surface area contributed by atoms with E-state index in [-0.39, 0.29) is 0 Å². The fraction of sp³-hybridized carbons (Fsp3) is 0.923. The van der Waals surface area contributed by atoms with Crippen molar-refractivity contribution >= 4 is 17.5 Å². The molecular weight excluding hydrogens is 204 g/mol. The van der Waals surface area contributed by atoms with Crippen LogP contribution in [-0.4, -0.2) is 16.8 Å². The van der Waals surface area contributed by atoms with E-state index in [1.54, 1.807) is 0 Å². The molecule has 1 nitrogen and oxygen atoms in total. The van der Waals surface area contributed by atoms with Gasteiger partial charge in [0, 0.05) is 5.92 Å². The van der Waals surface area contributed by atoms with Crippen molar-refractivity contribution in [3.63, 3.8) is 0 Å². The monoisotopic (exact) mass is 222 g/mol. The van der Waals surface area contributed by atoms with Gasteiger partial charge in [0.2, 0.25) is 0 Å². The van der Waals surface area contributed by atoms with Gasteiger partial charge in [-0.25, -0.2) is 0 Å². The molecule has 2 bridgehead atoms. The Morgan fingerprint density at radius 1 is 1.07 bits per heavy atom. The van der Waals surface area contributed by atoms with E-state index < -0.39 is 0 Å². The molecule has 0 radical (unpaired) electrons. The van der Waals surface area contributed by atoms with Crippen molar-refractivity contribution in [3.05, 3.63) is 0 Å². The average molecular weight is 222 g/mol. The normalized spacial score (nSPS) is 55.7. The molecule has 3 aliphatic carbocycles. The highest BCUT2D eigenvalue weighted by Crippen LogP contribution is 2.70. The van der Waals surface area contributed by atoms with Crippen LogP contribution in [0.2, 0.25) is 0 Å². The molecule has 15 heavy (non-hydrogen) atoms. The molecule has 4 rings (SSSR count). The second-order valence-corrected chi connectivity index (χ2v) is 7.23. The lowest BCUT2D eigenvalue weighted by molar-refractivity contribution is -0.120. The predicted octanol–water partition coefficient (Wildman–Crippen LogP) is 2.74. The first-order chi connectivity index (χ1) is 7.36. The molecule has 5 atom stereocenters. The second kappa shape index (κ2) is 3.03. The number of fused-ring (bicyclic) bond motifs is 5. The van der Waals surface area contributed by atoms with Gasteiger partial charge in [-0.2, -0.15) is 11.8 Å². The van der Waals surface area contributed by atoms with Crippen LogP contribution in [0, 0.1) is 29.6 Å². The summed E-state index contributed by atoms with van der Waals surface area (Å²) >= 11 is 1.93. The van der Waals surface area contributed by atoms with E-state index in [1.165, 1.54) is 37.9 Å². The molecule has 4 aliphatic rings. The number of hydrogen-bond acceptors (Lipinski definition) is 2. The summed E-state index contributed by atoms with van der Waals surface area (Å²) in [6, 6.07) is 0. The summed E-state index contributed by atoms with van der Waals surface area (Å²) in [6.45, 7) is 0. The van der Waals surface area contributed by atoms with Crippen LogP contribution in [0.15, 0.2) is 0 Å². The summed E-state index contributed by atoms with van der Waals surface area (Å²) in [7, 11) is 0. The third-order valence-corrected chi connectivity index (χ3v) is 6.71. The quantitative estimate of drug-likeness (QED) is 0.714. The van der Waals surface area contributed by atoms with Gasteiger partial charge in [0.05, 0.1) is 5.25 Å². The number of carbonyl (C=O) groups is 1. The van der Waals surface area contributed by atoms with E-state index in [0.29, 0.717) is 17.0 Å². The standard InChI is InChI=1S/C13H18OS/c14-13(9-2-1-5-15-9)12-10-7-3-4-8(6-7)11(10)12/h7-12H,1-6H2. The van der Waals surface area contributed by atoms with Crippen LogP contribution in [-0.2, 0) is 4.79 Å². The van der Waals surface area contributed by atoms with Crippen molar-refractivity contribution in [3.8, 4) is 0 Å². The summed E-state index contributed by atoms with van der Waals surface area (Å²) in [5.41, 5.74) is 0. The molecule has 0 N–H and O–H groups in total. The molecule has 82 valence electrons. The van der Waals surface area contributed by atoms with Gasteiger partial charge < -0.3 is 0 Å². The minimum absolute atomic E-state index is 0.403. The molecule has 1 aliphatic heterocycles. The zero-order valence-corrected chi connectivity index (χ0v) is 9.84. The second-order valence-electron chi connectivity index (χ2n) is 5.92. The van der Waals surface area contributed by atoms with E-state index >= 15 is 0 Å². The fourth-order valence-electron chi connectivity index (χ4n) is 4.72. The van der Waals surface area contributed by atoms with E-state index in [0.717, 1.165) is 23.7 Å². The molecule has 0 aromatic heterocycles. The SMILES string of the molecule is O=C(C1CCCS1)C1C2C3CCC(C3)C12. The van der Waals surface area contributed by atoms with Crippen LogP contribution in [0.25, 0.3) is 0 Å². The van der Waals surface area contributed by atoms with Gasteiger partial charge >= 0.3 is 0 Å². The highest BCUT2D eigenvalue weighted by molar-refractivity contribution is 8.00. The van der Waals surface area contributed by atoms with Gasteiger partial charge in [-0.15, -0.1) is 0 Å². The van der Waals surface area contributed by atoms with Crippen molar-refractivity contribution in [1.29, 1.82) is 0 Å². The molecule has 0 aromatic rings. The minimum atomic E-state index is 0.403. The fourth-order valence-corrected chi connectivity index (χ4v) is 5.99. The third-order valence-electron chi connectivity index (χ3n) is 5.31.